The molecular formula is C23H20FN3O2S. The summed E-state index contributed by atoms with van der Waals surface area (Å²) >= 11 is 0. The lowest BCUT2D eigenvalue weighted by Gasteiger charge is -2.04. The van der Waals surface area contributed by atoms with Crippen LogP contribution in [0.5, 0.6) is 0 Å². The maximum atomic E-state index is 13.9. The zero-order valence-electron chi connectivity index (χ0n) is 16.5. The molecule has 0 aliphatic heterocycles. The number of aryl methyl sites for hydroxylation is 1. The Kier molecular flexibility index (Phi) is 5.13. The molecule has 1 heterocycles. The lowest BCUT2D eigenvalue weighted by atomic mass is 10.1. The monoisotopic (exact) mass is 421 g/mol. The Morgan fingerprint density at radius 3 is 2.37 bits per heavy atom. The van der Waals surface area contributed by atoms with Gasteiger partial charge in [-0.2, -0.15) is 5.10 Å². The van der Waals surface area contributed by atoms with Gasteiger partial charge in [0.15, 0.2) is 9.84 Å². The summed E-state index contributed by atoms with van der Waals surface area (Å²) in [6, 6.07) is 18.9. The van der Waals surface area contributed by atoms with Crippen molar-refractivity contribution in [1.29, 1.82) is 0 Å². The average Bonchev–Trinajstić information content (AvgIpc) is 3.07. The van der Waals surface area contributed by atoms with E-state index in [1.54, 1.807) is 36.5 Å². The molecule has 0 amide bonds. The van der Waals surface area contributed by atoms with Crippen molar-refractivity contribution in [2.24, 2.45) is 5.10 Å². The number of nitrogens with one attached hydrogen (secondary N) is 2. The van der Waals surface area contributed by atoms with Crippen molar-refractivity contribution in [3.63, 3.8) is 0 Å². The zero-order chi connectivity index (χ0) is 21.3. The lowest BCUT2D eigenvalue weighted by Crippen LogP contribution is -1.96. The van der Waals surface area contributed by atoms with Crippen LogP contribution in [0.2, 0.25) is 0 Å². The smallest absolute Gasteiger partial charge is 0.175 e. The first kappa shape index (κ1) is 19.8. The number of aromatic amines is 1. The SMILES string of the molecule is Cc1ccc(NN=Cc2c(-c3ccc(S(C)(=O)=O)cc3)[nH]c3ccc(F)cc23)cc1. The molecule has 7 heteroatoms. The second-order valence-electron chi connectivity index (χ2n) is 7.14. The second kappa shape index (κ2) is 7.76. The third-order valence-corrected chi connectivity index (χ3v) is 5.94. The summed E-state index contributed by atoms with van der Waals surface area (Å²) in [6.07, 6.45) is 2.81. The molecule has 0 fully saturated rings. The fourth-order valence-electron chi connectivity index (χ4n) is 3.21. The first-order chi connectivity index (χ1) is 14.3. The van der Waals surface area contributed by atoms with E-state index < -0.39 is 9.84 Å². The Hall–Kier alpha value is -3.45. The summed E-state index contributed by atoms with van der Waals surface area (Å²) in [5.74, 6) is -0.346. The molecule has 0 saturated heterocycles. The Morgan fingerprint density at radius 1 is 1.00 bits per heavy atom. The molecule has 4 aromatic rings. The summed E-state index contributed by atoms with van der Waals surface area (Å²) in [7, 11) is -3.29. The summed E-state index contributed by atoms with van der Waals surface area (Å²) in [4.78, 5) is 3.53. The fourth-order valence-corrected chi connectivity index (χ4v) is 3.85. The largest absolute Gasteiger partial charge is 0.354 e. The van der Waals surface area contributed by atoms with E-state index in [1.807, 2.05) is 31.2 Å². The van der Waals surface area contributed by atoms with Crippen LogP contribution in [0.25, 0.3) is 22.2 Å². The first-order valence-corrected chi connectivity index (χ1v) is 11.2. The molecule has 30 heavy (non-hydrogen) atoms. The van der Waals surface area contributed by atoms with Gasteiger partial charge in [0.25, 0.3) is 0 Å². The molecule has 0 radical (unpaired) electrons. The number of hydrogen-bond donors (Lipinski definition) is 2. The quantitative estimate of drug-likeness (QED) is 0.346. The van der Waals surface area contributed by atoms with Gasteiger partial charge in [0.05, 0.1) is 22.5 Å². The van der Waals surface area contributed by atoms with E-state index in [1.165, 1.54) is 18.4 Å². The lowest BCUT2D eigenvalue weighted by molar-refractivity contribution is 0.602. The van der Waals surface area contributed by atoms with E-state index in [9.17, 15) is 12.8 Å². The number of halogens is 1. The molecule has 3 aromatic carbocycles. The van der Waals surface area contributed by atoms with Gasteiger partial charge in [-0.1, -0.05) is 29.8 Å². The van der Waals surface area contributed by atoms with E-state index in [4.69, 9.17) is 0 Å². The molecule has 152 valence electrons. The minimum Gasteiger partial charge on any atom is -0.354 e. The van der Waals surface area contributed by atoms with Crippen molar-refractivity contribution in [3.8, 4) is 11.3 Å². The molecule has 5 nitrogen and oxygen atoms in total. The zero-order valence-corrected chi connectivity index (χ0v) is 17.3. The summed E-state index contributed by atoms with van der Waals surface area (Å²) in [5.41, 5.74) is 7.93. The Labute approximate surface area is 174 Å². The highest BCUT2D eigenvalue weighted by Crippen LogP contribution is 2.30. The number of sulfone groups is 1. The van der Waals surface area contributed by atoms with Crippen LogP contribution in [0, 0.1) is 12.7 Å². The van der Waals surface area contributed by atoms with Crippen LogP contribution in [0.15, 0.2) is 76.7 Å². The maximum absolute atomic E-state index is 13.9. The van der Waals surface area contributed by atoms with E-state index in [0.29, 0.717) is 10.9 Å². The van der Waals surface area contributed by atoms with Gasteiger partial charge in [-0.25, -0.2) is 12.8 Å². The number of benzene rings is 3. The van der Waals surface area contributed by atoms with E-state index >= 15 is 0 Å². The van der Waals surface area contributed by atoms with Gasteiger partial charge >= 0.3 is 0 Å². The minimum atomic E-state index is -3.29. The van der Waals surface area contributed by atoms with Crippen LogP contribution in [0.1, 0.15) is 11.1 Å². The van der Waals surface area contributed by atoms with Crippen molar-refractivity contribution < 1.29 is 12.8 Å². The summed E-state index contributed by atoms with van der Waals surface area (Å²) in [6.45, 7) is 2.01. The topological polar surface area (TPSA) is 74.3 Å². The van der Waals surface area contributed by atoms with Crippen LogP contribution >= 0.6 is 0 Å². The summed E-state index contributed by atoms with van der Waals surface area (Å²) < 4.78 is 37.4. The molecule has 0 aliphatic rings. The van der Waals surface area contributed by atoms with Crippen LogP contribution in [-0.2, 0) is 9.84 Å². The van der Waals surface area contributed by atoms with Crippen LogP contribution in [-0.4, -0.2) is 25.9 Å². The van der Waals surface area contributed by atoms with E-state index in [2.05, 4.69) is 15.5 Å². The Bertz CT molecular complexity index is 1340. The predicted molar refractivity (Wildman–Crippen MR) is 119 cm³/mol. The average molecular weight is 421 g/mol. The molecule has 0 saturated carbocycles. The number of rotatable bonds is 5. The van der Waals surface area contributed by atoms with Crippen LogP contribution in [0.3, 0.4) is 0 Å². The number of hydrogen-bond acceptors (Lipinski definition) is 4. The number of fused-ring (bicyclic) bond motifs is 1. The highest BCUT2D eigenvalue weighted by atomic mass is 32.2. The Morgan fingerprint density at radius 2 is 1.70 bits per heavy atom. The van der Waals surface area contributed by atoms with Crippen molar-refractivity contribution in [2.75, 3.05) is 11.7 Å². The normalized spacial score (nSPS) is 12.0. The number of H-pyrrole nitrogens is 1. The Balaban J connectivity index is 1.76. The van der Waals surface area contributed by atoms with Gasteiger partial charge in [-0.05, 0) is 55.0 Å². The second-order valence-corrected chi connectivity index (χ2v) is 9.15. The fraction of sp³-hybridized carbons (Fsp3) is 0.0870. The minimum absolute atomic E-state index is 0.240. The standard InChI is InChI=1S/C23H20FN3O2S/c1-15-3-8-18(9-4-15)27-25-14-21-20-13-17(24)7-12-22(20)26-23(21)16-5-10-19(11-6-16)30(2,28)29/h3-14,26-27H,1-2H3. The maximum Gasteiger partial charge on any atom is 0.175 e. The van der Waals surface area contributed by atoms with Gasteiger partial charge in [-0.15, -0.1) is 0 Å². The van der Waals surface area contributed by atoms with E-state index in [0.717, 1.165) is 28.0 Å². The van der Waals surface area contributed by atoms with Gasteiger partial charge in [0.1, 0.15) is 5.82 Å². The van der Waals surface area contributed by atoms with E-state index in [-0.39, 0.29) is 10.7 Å². The third kappa shape index (κ3) is 4.11. The molecule has 2 N–H and O–H groups in total. The molecule has 0 unspecified atom stereocenters. The van der Waals surface area contributed by atoms with Crippen molar-refractivity contribution >= 4 is 32.6 Å². The molecular weight excluding hydrogens is 401 g/mol. The molecule has 0 atom stereocenters. The number of aromatic nitrogens is 1. The summed E-state index contributed by atoms with van der Waals surface area (Å²) in [5, 5.41) is 5.01. The van der Waals surface area contributed by atoms with Crippen LogP contribution in [0.4, 0.5) is 10.1 Å². The van der Waals surface area contributed by atoms with Crippen LogP contribution < -0.4 is 5.43 Å². The first-order valence-electron chi connectivity index (χ1n) is 9.29. The van der Waals surface area contributed by atoms with Gasteiger partial charge in [-0.3, -0.25) is 5.43 Å². The molecule has 0 spiro atoms. The predicted octanol–water partition coefficient (Wildman–Crippen LogP) is 5.13. The van der Waals surface area contributed by atoms with Crippen molar-refractivity contribution in [1.82, 2.24) is 4.98 Å². The molecule has 0 bridgehead atoms. The molecule has 0 aliphatic carbocycles. The number of nitrogens with zero attached hydrogens (tertiary/aromatic N) is 1. The number of anilines is 1. The van der Waals surface area contributed by atoms with Crippen molar-refractivity contribution in [3.05, 3.63) is 83.7 Å². The van der Waals surface area contributed by atoms with Gasteiger partial charge in [0.2, 0.25) is 0 Å². The number of hydrazone groups is 1. The van der Waals surface area contributed by atoms with Crippen molar-refractivity contribution in [2.45, 2.75) is 11.8 Å². The molecule has 1 aromatic heterocycles. The highest BCUT2D eigenvalue weighted by molar-refractivity contribution is 7.90. The van der Waals surface area contributed by atoms with Gasteiger partial charge < -0.3 is 4.98 Å². The van der Waals surface area contributed by atoms with Gasteiger partial charge in [0, 0.05) is 22.7 Å². The molecule has 4 rings (SSSR count). The third-order valence-electron chi connectivity index (χ3n) is 4.81. The highest BCUT2D eigenvalue weighted by Gasteiger charge is 2.14.